The second kappa shape index (κ2) is 11.0. The Bertz CT molecular complexity index is 1380. The maximum atomic E-state index is 14.7. The lowest BCUT2D eigenvalue weighted by molar-refractivity contribution is -0.138. The van der Waals surface area contributed by atoms with Crippen molar-refractivity contribution in [2.75, 3.05) is 25.0 Å². The molecule has 1 saturated heterocycles. The maximum Gasteiger partial charge on any atom is 0.248 e. The van der Waals surface area contributed by atoms with E-state index in [1.807, 2.05) is 30.3 Å². The number of nitrogens with zero attached hydrogens (tertiary/aromatic N) is 3. The van der Waals surface area contributed by atoms with E-state index in [0.29, 0.717) is 5.82 Å². The number of nitriles is 1. The van der Waals surface area contributed by atoms with Crippen molar-refractivity contribution in [1.82, 2.24) is 9.88 Å². The molecule has 1 aliphatic heterocycles. The van der Waals surface area contributed by atoms with E-state index in [0.717, 1.165) is 23.1 Å². The topological polar surface area (TPSA) is 116 Å². The quantitative estimate of drug-likeness (QED) is 0.497. The molecule has 2 heterocycles. The van der Waals surface area contributed by atoms with Crippen molar-refractivity contribution in [3.05, 3.63) is 78.0 Å². The molecule has 2 N–H and O–H groups in total. The molecule has 2 fully saturated rings. The highest BCUT2D eigenvalue weighted by Gasteiger charge is 2.44. The van der Waals surface area contributed by atoms with Gasteiger partial charge in [0.2, 0.25) is 11.8 Å². The number of likely N-dealkylation sites (tertiary alicyclic amines) is 1. The molecular formula is C29H27FN4O4. The predicted molar refractivity (Wildman–Crippen MR) is 138 cm³/mol. The normalized spacial score (nSPS) is 22.3. The number of rotatable bonds is 7. The highest BCUT2D eigenvalue weighted by atomic mass is 19.1. The Morgan fingerprint density at radius 2 is 1.95 bits per heavy atom. The van der Waals surface area contributed by atoms with Crippen molar-refractivity contribution in [2.24, 2.45) is 5.92 Å². The van der Waals surface area contributed by atoms with E-state index in [1.165, 1.54) is 4.90 Å². The fourth-order valence-corrected chi connectivity index (χ4v) is 4.86. The Labute approximate surface area is 219 Å². The smallest absolute Gasteiger partial charge is 0.248 e. The number of halogens is 1. The molecule has 0 spiro atoms. The first-order valence-electron chi connectivity index (χ1n) is 12.5. The van der Waals surface area contributed by atoms with Crippen LogP contribution in [0.1, 0.15) is 29.9 Å². The van der Waals surface area contributed by atoms with Gasteiger partial charge >= 0.3 is 0 Å². The van der Waals surface area contributed by atoms with Gasteiger partial charge in [0.25, 0.3) is 0 Å². The van der Waals surface area contributed by atoms with Crippen LogP contribution in [0.5, 0.6) is 5.75 Å². The van der Waals surface area contributed by atoms with Crippen LogP contribution < -0.4 is 10.1 Å². The number of aliphatic hydroxyl groups excluding tert-OH is 1. The average molecular weight is 515 g/mol. The number of carbonyl (C=O) groups excluding carboxylic acids is 2. The average Bonchev–Trinajstić information content (AvgIpc) is 3.76. The Kier molecular flexibility index (Phi) is 7.33. The molecule has 5 rings (SSSR count). The number of ether oxygens (including phenoxy) is 1. The molecule has 1 aliphatic carbocycles. The van der Waals surface area contributed by atoms with Crippen LogP contribution in [0.2, 0.25) is 0 Å². The molecule has 2 aliphatic rings. The molecule has 8 nitrogen and oxygen atoms in total. The minimum atomic E-state index is -1.44. The van der Waals surface area contributed by atoms with E-state index in [9.17, 15) is 19.2 Å². The molecule has 2 amide bonds. The molecule has 194 valence electrons. The number of anilines is 1. The van der Waals surface area contributed by atoms with Gasteiger partial charge in [-0.05, 0) is 53.3 Å². The fourth-order valence-electron chi connectivity index (χ4n) is 4.86. The fraction of sp³-hybridized carbons (Fsp3) is 0.310. The van der Waals surface area contributed by atoms with Crippen molar-refractivity contribution >= 4 is 17.6 Å². The van der Waals surface area contributed by atoms with Crippen molar-refractivity contribution < 1.29 is 23.8 Å². The third kappa shape index (κ3) is 5.50. The van der Waals surface area contributed by atoms with Crippen LogP contribution in [0.15, 0.2) is 66.9 Å². The molecule has 2 aromatic carbocycles. The van der Waals surface area contributed by atoms with Gasteiger partial charge in [-0.1, -0.05) is 36.4 Å². The van der Waals surface area contributed by atoms with Crippen LogP contribution in [0, 0.1) is 17.2 Å². The molecule has 3 aromatic rings. The summed E-state index contributed by atoms with van der Waals surface area (Å²) in [5.41, 5.74) is 2.88. The minimum Gasteiger partial charge on any atom is -0.486 e. The number of aliphatic hydroxyl groups is 1. The molecule has 4 atom stereocenters. The van der Waals surface area contributed by atoms with Crippen LogP contribution >= 0.6 is 0 Å². The predicted octanol–water partition coefficient (Wildman–Crippen LogP) is 3.67. The standard InChI is InChI=1S/C29H27FN4O4/c30-24-16-34(28(36)17-35)11-9-26(24)38-25-7-6-19(12-21(25)15-31)20-8-10-32-27(13-20)33-29(37)23-14-22(23)18-4-2-1-3-5-18/h1-8,10,12-13,22-24,26,35H,9,11,14,16-17H2,(H,32,33,37). The third-order valence-electron chi connectivity index (χ3n) is 7.05. The zero-order chi connectivity index (χ0) is 26.6. The van der Waals surface area contributed by atoms with Crippen molar-refractivity contribution in [3.63, 3.8) is 0 Å². The zero-order valence-corrected chi connectivity index (χ0v) is 20.6. The summed E-state index contributed by atoms with van der Waals surface area (Å²) in [6.07, 6.45) is 0.404. The van der Waals surface area contributed by atoms with Crippen LogP contribution in [-0.2, 0) is 9.59 Å². The molecule has 1 aromatic heterocycles. The van der Waals surface area contributed by atoms with E-state index >= 15 is 0 Å². The number of piperidine rings is 1. The van der Waals surface area contributed by atoms with Gasteiger partial charge in [0, 0.05) is 25.1 Å². The number of aromatic nitrogens is 1. The number of alkyl halides is 1. The van der Waals surface area contributed by atoms with Crippen LogP contribution in [0.4, 0.5) is 10.2 Å². The third-order valence-corrected chi connectivity index (χ3v) is 7.05. The largest absolute Gasteiger partial charge is 0.486 e. The molecule has 0 radical (unpaired) electrons. The second-order valence-corrected chi connectivity index (χ2v) is 9.56. The maximum absolute atomic E-state index is 14.7. The van der Waals surface area contributed by atoms with Crippen molar-refractivity contribution in [2.45, 2.75) is 31.0 Å². The van der Waals surface area contributed by atoms with E-state index < -0.39 is 24.8 Å². The molecular weight excluding hydrogens is 487 g/mol. The Balaban J connectivity index is 1.25. The van der Waals surface area contributed by atoms with Crippen LogP contribution in [-0.4, -0.2) is 58.8 Å². The SMILES string of the molecule is N#Cc1cc(-c2ccnc(NC(=O)C3CC3c3ccccc3)c2)ccc1OC1CCN(C(=O)CO)CC1F. The number of hydrogen-bond donors (Lipinski definition) is 2. The Morgan fingerprint density at radius 1 is 1.16 bits per heavy atom. The van der Waals surface area contributed by atoms with Gasteiger partial charge in [-0.2, -0.15) is 5.26 Å². The van der Waals surface area contributed by atoms with Gasteiger partial charge in [0.1, 0.15) is 30.3 Å². The van der Waals surface area contributed by atoms with Gasteiger partial charge in [-0.25, -0.2) is 9.37 Å². The first-order chi connectivity index (χ1) is 18.5. The lowest BCUT2D eigenvalue weighted by Gasteiger charge is -2.34. The lowest BCUT2D eigenvalue weighted by atomic mass is 10.0. The number of amides is 2. The van der Waals surface area contributed by atoms with Gasteiger partial charge in [0.05, 0.1) is 12.1 Å². The molecule has 1 saturated carbocycles. The summed E-state index contributed by atoms with van der Waals surface area (Å²) in [6.45, 7) is -0.557. The summed E-state index contributed by atoms with van der Waals surface area (Å²) in [4.78, 5) is 30.0. The van der Waals surface area contributed by atoms with Crippen LogP contribution in [0.25, 0.3) is 11.1 Å². The van der Waals surface area contributed by atoms with E-state index in [4.69, 9.17) is 9.84 Å². The molecule has 38 heavy (non-hydrogen) atoms. The van der Waals surface area contributed by atoms with E-state index in [-0.39, 0.29) is 48.6 Å². The number of pyridine rings is 1. The first kappa shape index (κ1) is 25.4. The van der Waals surface area contributed by atoms with Crippen molar-refractivity contribution in [1.29, 1.82) is 5.26 Å². The second-order valence-electron chi connectivity index (χ2n) is 9.56. The Morgan fingerprint density at radius 3 is 2.68 bits per heavy atom. The van der Waals surface area contributed by atoms with E-state index in [2.05, 4.69) is 16.4 Å². The van der Waals surface area contributed by atoms with Gasteiger partial charge < -0.3 is 20.1 Å². The monoisotopic (exact) mass is 514 g/mol. The number of benzene rings is 2. The van der Waals surface area contributed by atoms with Crippen LogP contribution in [0.3, 0.4) is 0 Å². The summed E-state index contributed by atoms with van der Waals surface area (Å²) in [7, 11) is 0. The summed E-state index contributed by atoms with van der Waals surface area (Å²) >= 11 is 0. The lowest BCUT2D eigenvalue weighted by Crippen LogP contribution is -2.50. The van der Waals surface area contributed by atoms with Gasteiger partial charge in [0.15, 0.2) is 6.17 Å². The minimum absolute atomic E-state index is 0.0718. The summed E-state index contributed by atoms with van der Waals surface area (Å²) < 4.78 is 20.5. The molecule has 4 unspecified atom stereocenters. The summed E-state index contributed by atoms with van der Waals surface area (Å²) in [5.74, 6) is 0.226. The first-order valence-corrected chi connectivity index (χ1v) is 12.5. The number of hydrogen-bond acceptors (Lipinski definition) is 6. The number of carbonyl (C=O) groups is 2. The van der Waals surface area contributed by atoms with Gasteiger partial charge in [-0.3, -0.25) is 9.59 Å². The van der Waals surface area contributed by atoms with Crippen molar-refractivity contribution in [3.8, 4) is 22.9 Å². The van der Waals surface area contributed by atoms with E-state index in [1.54, 1.807) is 36.5 Å². The summed E-state index contributed by atoms with van der Waals surface area (Å²) in [6, 6.07) is 20.6. The molecule has 0 bridgehead atoms. The summed E-state index contributed by atoms with van der Waals surface area (Å²) in [5, 5.41) is 21.6. The molecule has 9 heteroatoms. The number of nitrogens with one attached hydrogen (secondary N) is 1. The highest BCUT2D eigenvalue weighted by Crippen LogP contribution is 2.47. The highest BCUT2D eigenvalue weighted by molar-refractivity contribution is 5.95. The zero-order valence-electron chi connectivity index (χ0n) is 20.6. The Hall–Kier alpha value is -4.29. The van der Waals surface area contributed by atoms with Gasteiger partial charge in [-0.15, -0.1) is 0 Å².